The molecule has 3 fully saturated rings. The number of ether oxygens (including phenoxy) is 4. The molecule has 2 saturated carbocycles. The summed E-state index contributed by atoms with van der Waals surface area (Å²) in [6.45, 7) is 0.594. The fraction of sp³-hybridized carbons (Fsp3) is 0.714. The highest BCUT2D eigenvalue weighted by Crippen LogP contribution is 2.45. The third kappa shape index (κ3) is 5.70. The lowest BCUT2D eigenvalue weighted by molar-refractivity contribution is -0.162. The predicted molar refractivity (Wildman–Crippen MR) is 133 cm³/mol. The van der Waals surface area contributed by atoms with E-state index < -0.39 is 6.04 Å². The van der Waals surface area contributed by atoms with Crippen molar-refractivity contribution in [2.75, 3.05) is 27.9 Å². The number of carbonyl (C=O) groups excluding carboxylic acids is 2. The van der Waals surface area contributed by atoms with Crippen molar-refractivity contribution in [2.24, 2.45) is 5.92 Å². The van der Waals surface area contributed by atoms with Crippen LogP contribution in [0.25, 0.3) is 0 Å². The van der Waals surface area contributed by atoms with Crippen LogP contribution in [0.15, 0.2) is 12.1 Å². The Morgan fingerprint density at radius 2 is 1.40 bits per heavy atom. The number of esters is 1. The minimum atomic E-state index is -0.495. The predicted octanol–water partition coefficient (Wildman–Crippen LogP) is 5.24. The molecular formula is C28H41NO6. The lowest BCUT2D eigenvalue weighted by Crippen LogP contribution is -2.51. The van der Waals surface area contributed by atoms with Gasteiger partial charge in [-0.3, -0.25) is 4.79 Å². The molecule has 0 bridgehead atoms. The van der Waals surface area contributed by atoms with Gasteiger partial charge in [0, 0.05) is 6.54 Å². The Morgan fingerprint density at radius 3 is 2.00 bits per heavy atom. The van der Waals surface area contributed by atoms with E-state index in [1.807, 2.05) is 17.0 Å². The van der Waals surface area contributed by atoms with E-state index in [1.165, 1.54) is 6.42 Å². The molecule has 0 spiro atoms. The molecule has 1 unspecified atom stereocenters. The van der Waals surface area contributed by atoms with Gasteiger partial charge >= 0.3 is 5.97 Å². The van der Waals surface area contributed by atoms with Crippen LogP contribution in [0.3, 0.4) is 0 Å². The van der Waals surface area contributed by atoms with Crippen LogP contribution >= 0.6 is 0 Å². The Balaban J connectivity index is 1.66. The van der Waals surface area contributed by atoms with Crippen LogP contribution < -0.4 is 14.2 Å². The van der Waals surface area contributed by atoms with Crippen molar-refractivity contribution in [3.05, 3.63) is 17.7 Å². The van der Waals surface area contributed by atoms with Gasteiger partial charge in [0.05, 0.1) is 27.2 Å². The first-order chi connectivity index (χ1) is 17.1. The van der Waals surface area contributed by atoms with Crippen LogP contribution in [0.4, 0.5) is 0 Å². The zero-order valence-electron chi connectivity index (χ0n) is 21.6. The Labute approximate surface area is 209 Å². The Hall–Kier alpha value is -2.44. The third-order valence-electron chi connectivity index (χ3n) is 8.08. The zero-order valence-corrected chi connectivity index (χ0v) is 21.6. The third-order valence-corrected chi connectivity index (χ3v) is 8.08. The molecule has 1 aliphatic heterocycles. The van der Waals surface area contributed by atoms with E-state index in [0.29, 0.717) is 30.2 Å². The average Bonchev–Trinajstić information content (AvgIpc) is 3.41. The highest BCUT2D eigenvalue weighted by atomic mass is 16.5. The summed E-state index contributed by atoms with van der Waals surface area (Å²) in [6.07, 6.45) is 12.0. The fourth-order valence-electron chi connectivity index (χ4n) is 6.23. The van der Waals surface area contributed by atoms with E-state index in [2.05, 4.69) is 0 Å². The molecule has 1 heterocycles. The van der Waals surface area contributed by atoms with Crippen LogP contribution in [0.5, 0.6) is 17.2 Å². The Morgan fingerprint density at radius 1 is 0.800 bits per heavy atom. The molecule has 1 amide bonds. The molecule has 35 heavy (non-hydrogen) atoms. The first-order valence-electron chi connectivity index (χ1n) is 13.4. The van der Waals surface area contributed by atoms with Crippen molar-refractivity contribution in [3.8, 4) is 17.2 Å². The molecule has 0 aromatic heterocycles. The van der Waals surface area contributed by atoms with E-state index >= 15 is 0 Å². The highest BCUT2D eigenvalue weighted by Gasteiger charge is 2.41. The molecule has 3 aliphatic rings. The van der Waals surface area contributed by atoms with Gasteiger partial charge in [-0.1, -0.05) is 19.3 Å². The molecule has 1 aromatic carbocycles. The summed E-state index contributed by atoms with van der Waals surface area (Å²) in [5.74, 6) is 1.27. The average molecular weight is 488 g/mol. The van der Waals surface area contributed by atoms with E-state index in [-0.39, 0.29) is 29.8 Å². The van der Waals surface area contributed by atoms with Crippen LogP contribution in [0, 0.1) is 5.92 Å². The summed E-state index contributed by atoms with van der Waals surface area (Å²) in [6, 6.07) is 3.33. The minimum absolute atomic E-state index is 0.00521. The Kier molecular flexibility index (Phi) is 8.79. The molecule has 4 rings (SSSR count). The lowest BCUT2D eigenvalue weighted by Gasteiger charge is -2.39. The summed E-state index contributed by atoms with van der Waals surface area (Å²) in [7, 11) is 4.77. The van der Waals surface area contributed by atoms with Crippen molar-refractivity contribution < 1.29 is 28.5 Å². The number of hydrogen-bond acceptors (Lipinski definition) is 6. The number of carbonyl (C=O) groups is 2. The lowest BCUT2D eigenvalue weighted by atomic mass is 9.75. The van der Waals surface area contributed by atoms with Crippen molar-refractivity contribution in [1.82, 2.24) is 4.90 Å². The van der Waals surface area contributed by atoms with Crippen molar-refractivity contribution >= 4 is 11.9 Å². The first kappa shape index (κ1) is 25.6. The first-order valence-corrected chi connectivity index (χ1v) is 13.4. The van der Waals surface area contributed by atoms with Crippen molar-refractivity contribution in [1.29, 1.82) is 0 Å². The molecule has 2 atom stereocenters. The van der Waals surface area contributed by atoms with Gasteiger partial charge in [0.1, 0.15) is 12.1 Å². The van der Waals surface area contributed by atoms with E-state index in [9.17, 15) is 9.59 Å². The van der Waals surface area contributed by atoms with Gasteiger partial charge in [-0.25, -0.2) is 4.79 Å². The molecule has 1 saturated heterocycles. The van der Waals surface area contributed by atoms with Gasteiger partial charge < -0.3 is 23.8 Å². The zero-order chi connectivity index (χ0) is 24.8. The number of benzene rings is 1. The second-order valence-corrected chi connectivity index (χ2v) is 10.2. The standard InChI is InChI=1S/C28H41NO6/c1-32-23-17-20(18-24(33-2)26(23)34-3)25(19-11-5-4-6-12-19)27(30)29-16-10-9-15-22(29)28(31)35-21-13-7-8-14-21/h17-19,21-22,25H,4-16H2,1-3H3/t22-,25?/m0/s1. The van der Waals surface area contributed by atoms with Crippen molar-refractivity contribution in [3.63, 3.8) is 0 Å². The van der Waals surface area contributed by atoms with Crippen LogP contribution in [-0.4, -0.2) is 56.8 Å². The molecule has 7 heteroatoms. The summed E-state index contributed by atoms with van der Waals surface area (Å²) >= 11 is 0. The maximum atomic E-state index is 14.3. The highest BCUT2D eigenvalue weighted by molar-refractivity contribution is 5.89. The molecule has 194 valence electrons. The van der Waals surface area contributed by atoms with Gasteiger partial charge in [-0.2, -0.15) is 0 Å². The molecule has 0 N–H and O–H groups in total. The van der Waals surface area contributed by atoms with Crippen LogP contribution in [0.2, 0.25) is 0 Å². The maximum absolute atomic E-state index is 14.3. The van der Waals surface area contributed by atoms with Gasteiger partial charge in [-0.05, 0) is 81.4 Å². The molecule has 0 radical (unpaired) electrons. The van der Waals surface area contributed by atoms with Gasteiger partial charge in [0.2, 0.25) is 11.7 Å². The number of nitrogens with zero attached hydrogens (tertiary/aromatic N) is 1. The number of rotatable bonds is 8. The summed E-state index contributed by atoms with van der Waals surface area (Å²) < 4.78 is 22.6. The van der Waals surface area contributed by atoms with Gasteiger partial charge in [0.25, 0.3) is 0 Å². The van der Waals surface area contributed by atoms with E-state index in [1.54, 1.807) is 21.3 Å². The minimum Gasteiger partial charge on any atom is -0.493 e. The largest absolute Gasteiger partial charge is 0.493 e. The summed E-state index contributed by atoms with van der Waals surface area (Å²) in [5.41, 5.74) is 0.866. The Bertz CT molecular complexity index is 849. The number of methoxy groups -OCH3 is 3. The van der Waals surface area contributed by atoms with E-state index in [0.717, 1.165) is 69.8 Å². The summed E-state index contributed by atoms with van der Waals surface area (Å²) in [4.78, 5) is 29.3. The van der Waals surface area contributed by atoms with Gasteiger partial charge in [0.15, 0.2) is 11.5 Å². The second-order valence-electron chi connectivity index (χ2n) is 10.2. The topological polar surface area (TPSA) is 74.3 Å². The monoisotopic (exact) mass is 487 g/mol. The molecule has 2 aliphatic carbocycles. The smallest absolute Gasteiger partial charge is 0.329 e. The normalized spacial score (nSPS) is 22.5. The van der Waals surface area contributed by atoms with Gasteiger partial charge in [-0.15, -0.1) is 0 Å². The molecule has 7 nitrogen and oxygen atoms in total. The maximum Gasteiger partial charge on any atom is 0.329 e. The number of piperidine rings is 1. The number of likely N-dealkylation sites (tertiary alicyclic amines) is 1. The van der Waals surface area contributed by atoms with Crippen molar-refractivity contribution in [2.45, 2.75) is 95.1 Å². The molecule has 1 aromatic rings. The fourth-order valence-corrected chi connectivity index (χ4v) is 6.23. The quantitative estimate of drug-likeness (QED) is 0.467. The summed E-state index contributed by atoms with van der Waals surface area (Å²) in [5, 5.41) is 0. The van der Waals surface area contributed by atoms with Crippen LogP contribution in [-0.2, 0) is 14.3 Å². The number of amides is 1. The van der Waals surface area contributed by atoms with E-state index in [4.69, 9.17) is 18.9 Å². The van der Waals surface area contributed by atoms with Crippen LogP contribution in [0.1, 0.15) is 88.5 Å². The molecular weight excluding hydrogens is 446 g/mol. The number of hydrogen-bond donors (Lipinski definition) is 0. The SMILES string of the molecule is COc1cc(C(C(=O)N2CCCC[C@H]2C(=O)OC2CCCC2)C2CCCCC2)cc(OC)c1OC. The second kappa shape index (κ2) is 12.0.